The van der Waals surface area contributed by atoms with Crippen molar-refractivity contribution in [3.05, 3.63) is 29.8 Å². The summed E-state index contributed by atoms with van der Waals surface area (Å²) in [6.45, 7) is 10.4. The number of carbonyl (C=O) groups excluding carboxylic acids is 1. The first kappa shape index (κ1) is 19.5. The Kier molecular flexibility index (Phi) is 6.57. The second kappa shape index (κ2) is 9.09. The van der Waals surface area contributed by atoms with Gasteiger partial charge < -0.3 is 20.0 Å². The van der Waals surface area contributed by atoms with Gasteiger partial charge in [-0.1, -0.05) is 12.1 Å². The number of urea groups is 1. The van der Waals surface area contributed by atoms with Gasteiger partial charge in [0.2, 0.25) is 0 Å². The highest BCUT2D eigenvalue weighted by Crippen LogP contribution is 2.21. The number of piperazine rings is 1. The summed E-state index contributed by atoms with van der Waals surface area (Å²) in [5.74, 6) is 0.550. The summed E-state index contributed by atoms with van der Waals surface area (Å²) in [5, 5.41) is 12.4. The maximum atomic E-state index is 12.6. The van der Waals surface area contributed by atoms with Crippen LogP contribution in [0, 0.1) is 17.2 Å². The lowest BCUT2D eigenvalue weighted by Crippen LogP contribution is -2.53. The van der Waals surface area contributed by atoms with Crippen LogP contribution in [-0.2, 0) is 0 Å². The molecule has 3 rings (SSSR count). The fourth-order valence-electron chi connectivity index (χ4n) is 4.07. The first-order valence-electron chi connectivity index (χ1n) is 10.1. The zero-order chi connectivity index (χ0) is 19.2. The minimum absolute atomic E-state index is 0.0462. The minimum atomic E-state index is 0.0462. The molecule has 0 aliphatic carbocycles. The van der Waals surface area contributed by atoms with Crippen LogP contribution in [-0.4, -0.2) is 67.7 Å². The number of para-hydroxylation sites is 1. The molecular weight excluding hydrogens is 338 g/mol. The topological polar surface area (TPSA) is 62.6 Å². The maximum absolute atomic E-state index is 12.6. The highest BCUT2D eigenvalue weighted by Gasteiger charge is 2.25. The molecule has 0 aromatic heterocycles. The predicted octanol–water partition coefficient (Wildman–Crippen LogP) is 2.51. The van der Waals surface area contributed by atoms with Crippen molar-refractivity contribution >= 4 is 11.7 Å². The van der Waals surface area contributed by atoms with E-state index in [9.17, 15) is 10.1 Å². The van der Waals surface area contributed by atoms with Crippen molar-refractivity contribution in [3.8, 4) is 6.07 Å². The largest absolute Gasteiger partial charge is 0.367 e. The molecule has 2 saturated heterocycles. The number of nitrogens with one attached hydrogen (secondary N) is 1. The molecule has 2 heterocycles. The Morgan fingerprint density at radius 1 is 1.22 bits per heavy atom. The van der Waals surface area contributed by atoms with Gasteiger partial charge in [0.25, 0.3) is 0 Å². The first-order valence-corrected chi connectivity index (χ1v) is 10.1. The molecule has 146 valence electrons. The molecule has 1 aromatic rings. The summed E-state index contributed by atoms with van der Waals surface area (Å²) >= 11 is 0. The smallest absolute Gasteiger partial charge is 0.317 e. The Hall–Kier alpha value is -2.26. The third kappa shape index (κ3) is 4.92. The van der Waals surface area contributed by atoms with Gasteiger partial charge in [-0.05, 0) is 51.3 Å². The average Bonchev–Trinajstić information content (AvgIpc) is 2.72. The number of rotatable bonds is 4. The molecule has 0 saturated carbocycles. The Balaban J connectivity index is 1.45. The monoisotopic (exact) mass is 369 g/mol. The second-order valence-electron chi connectivity index (χ2n) is 7.89. The quantitative estimate of drug-likeness (QED) is 0.886. The van der Waals surface area contributed by atoms with Crippen molar-refractivity contribution in [1.29, 1.82) is 5.26 Å². The standard InChI is InChI=1S/C21H31N5O/c1-17(2)26-9-5-6-18(16-26)15-23-21(27)25-12-10-24(11-13-25)20-8-4-3-7-19(20)14-22/h3-4,7-8,17-18H,5-6,9-13,15-16H2,1-2H3,(H,23,27). The van der Waals surface area contributed by atoms with Crippen LogP contribution in [0.5, 0.6) is 0 Å². The van der Waals surface area contributed by atoms with Crippen LogP contribution in [0.25, 0.3) is 0 Å². The molecule has 6 nitrogen and oxygen atoms in total. The Morgan fingerprint density at radius 2 is 1.96 bits per heavy atom. The van der Waals surface area contributed by atoms with E-state index in [1.165, 1.54) is 19.4 Å². The van der Waals surface area contributed by atoms with Gasteiger partial charge in [0, 0.05) is 45.3 Å². The van der Waals surface area contributed by atoms with Gasteiger partial charge in [0.15, 0.2) is 0 Å². The molecule has 1 aromatic carbocycles. The molecule has 2 aliphatic rings. The SMILES string of the molecule is CC(C)N1CCCC(CNC(=O)N2CCN(c3ccccc3C#N)CC2)C1. The number of nitriles is 1. The maximum Gasteiger partial charge on any atom is 0.317 e. The highest BCUT2D eigenvalue weighted by molar-refractivity contribution is 5.74. The number of hydrogen-bond donors (Lipinski definition) is 1. The normalized spacial score (nSPS) is 21.2. The summed E-state index contributed by atoms with van der Waals surface area (Å²) < 4.78 is 0. The van der Waals surface area contributed by atoms with Crippen LogP contribution < -0.4 is 10.2 Å². The molecule has 6 heteroatoms. The Labute approximate surface area is 162 Å². The van der Waals surface area contributed by atoms with Crippen molar-refractivity contribution < 1.29 is 4.79 Å². The lowest BCUT2D eigenvalue weighted by atomic mass is 9.97. The lowest BCUT2D eigenvalue weighted by molar-refractivity contribution is 0.136. The molecule has 1 atom stereocenters. The zero-order valence-corrected chi connectivity index (χ0v) is 16.5. The number of piperidine rings is 1. The number of hydrogen-bond acceptors (Lipinski definition) is 4. The van der Waals surface area contributed by atoms with E-state index < -0.39 is 0 Å². The van der Waals surface area contributed by atoms with E-state index in [4.69, 9.17) is 0 Å². The zero-order valence-electron chi connectivity index (χ0n) is 16.5. The number of amides is 2. The van der Waals surface area contributed by atoms with E-state index >= 15 is 0 Å². The van der Waals surface area contributed by atoms with Crippen LogP contribution in [0.1, 0.15) is 32.3 Å². The van der Waals surface area contributed by atoms with Crippen molar-refractivity contribution in [2.45, 2.75) is 32.7 Å². The van der Waals surface area contributed by atoms with E-state index in [1.54, 1.807) is 0 Å². The van der Waals surface area contributed by atoms with Crippen LogP contribution in [0.2, 0.25) is 0 Å². The van der Waals surface area contributed by atoms with Gasteiger partial charge in [0.1, 0.15) is 6.07 Å². The van der Waals surface area contributed by atoms with Crippen LogP contribution in [0.3, 0.4) is 0 Å². The van der Waals surface area contributed by atoms with Crippen LogP contribution >= 0.6 is 0 Å². The molecule has 2 fully saturated rings. The summed E-state index contributed by atoms with van der Waals surface area (Å²) in [4.78, 5) is 19.2. The van der Waals surface area contributed by atoms with Gasteiger partial charge in [-0.3, -0.25) is 0 Å². The number of likely N-dealkylation sites (tertiary alicyclic amines) is 1. The predicted molar refractivity (Wildman–Crippen MR) is 108 cm³/mol. The fourth-order valence-corrected chi connectivity index (χ4v) is 4.07. The minimum Gasteiger partial charge on any atom is -0.367 e. The number of anilines is 1. The van der Waals surface area contributed by atoms with Crippen molar-refractivity contribution in [1.82, 2.24) is 15.1 Å². The van der Waals surface area contributed by atoms with E-state index in [-0.39, 0.29) is 6.03 Å². The molecule has 0 radical (unpaired) electrons. The molecule has 0 bridgehead atoms. The van der Waals surface area contributed by atoms with Crippen LogP contribution in [0.15, 0.2) is 24.3 Å². The van der Waals surface area contributed by atoms with Gasteiger partial charge in [0.05, 0.1) is 11.3 Å². The van der Waals surface area contributed by atoms with Gasteiger partial charge in [-0.2, -0.15) is 5.26 Å². The summed E-state index contributed by atoms with van der Waals surface area (Å²) in [6.07, 6.45) is 2.41. The van der Waals surface area contributed by atoms with Crippen molar-refractivity contribution in [2.24, 2.45) is 5.92 Å². The molecule has 2 aliphatic heterocycles. The fraction of sp³-hybridized carbons (Fsp3) is 0.619. The molecule has 0 spiro atoms. The van der Waals surface area contributed by atoms with Gasteiger partial charge in [-0.15, -0.1) is 0 Å². The Morgan fingerprint density at radius 3 is 2.67 bits per heavy atom. The Bertz CT molecular complexity index is 675. The third-order valence-corrected chi connectivity index (χ3v) is 5.75. The third-order valence-electron chi connectivity index (χ3n) is 5.75. The summed E-state index contributed by atoms with van der Waals surface area (Å²) in [5.41, 5.74) is 1.67. The number of carbonyl (C=O) groups is 1. The summed E-state index contributed by atoms with van der Waals surface area (Å²) in [7, 11) is 0. The van der Waals surface area contributed by atoms with E-state index in [0.717, 1.165) is 31.9 Å². The highest BCUT2D eigenvalue weighted by atomic mass is 16.2. The summed E-state index contributed by atoms with van der Waals surface area (Å²) in [6, 6.07) is 10.6. The first-order chi connectivity index (χ1) is 13.1. The van der Waals surface area contributed by atoms with E-state index in [0.29, 0.717) is 30.6 Å². The van der Waals surface area contributed by atoms with Crippen LogP contribution in [0.4, 0.5) is 10.5 Å². The van der Waals surface area contributed by atoms with E-state index in [1.807, 2.05) is 29.2 Å². The average molecular weight is 370 g/mol. The number of nitrogens with zero attached hydrogens (tertiary/aromatic N) is 4. The second-order valence-corrected chi connectivity index (χ2v) is 7.89. The lowest BCUT2D eigenvalue weighted by Gasteiger charge is -2.38. The molecule has 2 amide bonds. The van der Waals surface area contributed by atoms with Gasteiger partial charge in [-0.25, -0.2) is 4.79 Å². The number of benzene rings is 1. The van der Waals surface area contributed by atoms with Crippen molar-refractivity contribution in [2.75, 3.05) is 50.7 Å². The van der Waals surface area contributed by atoms with Gasteiger partial charge >= 0.3 is 6.03 Å². The van der Waals surface area contributed by atoms with Crippen molar-refractivity contribution in [3.63, 3.8) is 0 Å². The molecule has 1 N–H and O–H groups in total. The molecule has 1 unspecified atom stereocenters. The molecular formula is C21H31N5O. The molecule has 27 heavy (non-hydrogen) atoms. The van der Waals surface area contributed by atoms with E-state index in [2.05, 4.69) is 35.0 Å².